The molecule has 0 unspecified atom stereocenters. The summed E-state index contributed by atoms with van der Waals surface area (Å²) in [6.45, 7) is 1.80. The summed E-state index contributed by atoms with van der Waals surface area (Å²) in [7, 11) is 1.62. The van der Waals surface area contributed by atoms with E-state index in [2.05, 4.69) is 15.2 Å². The van der Waals surface area contributed by atoms with Gasteiger partial charge in [-0.15, -0.1) is 0 Å². The highest BCUT2D eigenvalue weighted by Gasteiger charge is 2.28. The van der Waals surface area contributed by atoms with E-state index in [4.69, 9.17) is 0 Å². The van der Waals surface area contributed by atoms with Crippen LogP contribution in [0, 0.1) is 0 Å². The van der Waals surface area contributed by atoms with Gasteiger partial charge in [0.05, 0.1) is 11.9 Å². The number of nitrogens with one attached hydrogen (secondary N) is 1. The monoisotopic (exact) mass is 397 g/mol. The van der Waals surface area contributed by atoms with Gasteiger partial charge in [-0.1, -0.05) is 12.1 Å². The molecule has 4 rings (SSSR count). The predicted octanol–water partition coefficient (Wildman–Crippen LogP) is 2.26. The molecular formula is C20H23N5O4. The van der Waals surface area contributed by atoms with Crippen molar-refractivity contribution in [2.45, 2.75) is 25.3 Å². The van der Waals surface area contributed by atoms with Crippen molar-refractivity contribution >= 4 is 40.2 Å². The number of carbonyl (C=O) groups is 3. The molecule has 2 aromatic rings. The van der Waals surface area contributed by atoms with Crippen molar-refractivity contribution in [2.24, 2.45) is 0 Å². The van der Waals surface area contributed by atoms with Gasteiger partial charge in [0.15, 0.2) is 0 Å². The molecule has 2 fully saturated rings. The Bertz CT molecular complexity index is 970. The van der Waals surface area contributed by atoms with Crippen LogP contribution in [0.4, 0.5) is 21.0 Å². The Labute approximate surface area is 167 Å². The maximum absolute atomic E-state index is 12.3. The number of nitrogens with zero attached hydrogens (tertiary/aromatic N) is 4. The number of carbonyl (C=O) groups excluding carboxylic acids is 2. The number of hydrogen-bond acceptors (Lipinski definition) is 5. The molecule has 1 aromatic heterocycles. The van der Waals surface area contributed by atoms with Gasteiger partial charge in [0.2, 0.25) is 5.91 Å². The first-order valence-electron chi connectivity index (χ1n) is 9.64. The SMILES string of the molecule is CN(C(=O)O)C1CCN(c2cccc3c(N4CCC(=O)NC4=O)cncc23)CC1. The van der Waals surface area contributed by atoms with E-state index in [0.29, 0.717) is 12.2 Å². The van der Waals surface area contributed by atoms with Crippen LogP contribution in [0.25, 0.3) is 10.8 Å². The lowest BCUT2D eigenvalue weighted by atomic mass is 10.0. The zero-order valence-corrected chi connectivity index (χ0v) is 16.2. The first-order chi connectivity index (χ1) is 14.0. The molecule has 0 radical (unpaired) electrons. The average molecular weight is 397 g/mol. The molecule has 9 nitrogen and oxygen atoms in total. The summed E-state index contributed by atoms with van der Waals surface area (Å²) in [6.07, 6.45) is 4.30. The van der Waals surface area contributed by atoms with Gasteiger partial charge in [-0.3, -0.25) is 20.0 Å². The molecule has 2 N–H and O–H groups in total. The lowest BCUT2D eigenvalue weighted by Gasteiger charge is -2.37. The maximum Gasteiger partial charge on any atom is 0.407 e. The first-order valence-corrected chi connectivity index (χ1v) is 9.64. The second-order valence-corrected chi connectivity index (χ2v) is 7.40. The van der Waals surface area contributed by atoms with Crippen LogP contribution in [0.1, 0.15) is 19.3 Å². The fraction of sp³-hybridized carbons (Fsp3) is 0.400. The summed E-state index contributed by atoms with van der Waals surface area (Å²) in [5.74, 6) is -0.269. The van der Waals surface area contributed by atoms with Crippen molar-refractivity contribution in [3.63, 3.8) is 0 Å². The van der Waals surface area contributed by atoms with Crippen LogP contribution >= 0.6 is 0 Å². The van der Waals surface area contributed by atoms with E-state index in [1.807, 2.05) is 18.2 Å². The second-order valence-electron chi connectivity index (χ2n) is 7.40. The van der Waals surface area contributed by atoms with Crippen molar-refractivity contribution in [1.82, 2.24) is 15.2 Å². The van der Waals surface area contributed by atoms with Crippen LogP contribution < -0.4 is 15.1 Å². The van der Waals surface area contributed by atoms with Crippen molar-refractivity contribution in [1.29, 1.82) is 0 Å². The predicted molar refractivity (Wildman–Crippen MR) is 108 cm³/mol. The number of fused-ring (bicyclic) bond motifs is 1. The maximum atomic E-state index is 12.3. The van der Waals surface area contributed by atoms with Gasteiger partial charge in [-0.05, 0) is 18.9 Å². The lowest BCUT2D eigenvalue weighted by Crippen LogP contribution is -2.49. The molecule has 0 spiro atoms. The Morgan fingerprint density at radius 2 is 1.90 bits per heavy atom. The van der Waals surface area contributed by atoms with Gasteiger partial charge in [0, 0.05) is 61.8 Å². The van der Waals surface area contributed by atoms with E-state index in [1.165, 1.54) is 4.90 Å². The number of aromatic nitrogens is 1. The van der Waals surface area contributed by atoms with Crippen LogP contribution in [-0.4, -0.2) is 65.7 Å². The van der Waals surface area contributed by atoms with E-state index in [-0.39, 0.29) is 18.4 Å². The van der Waals surface area contributed by atoms with Gasteiger partial charge in [-0.25, -0.2) is 9.59 Å². The number of urea groups is 1. The summed E-state index contributed by atoms with van der Waals surface area (Å²) >= 11 is 0. The van der Waals surface area contributed by atoms with Gasteiger partial charge in [-0.2, -0.15) is 0 Å². The number of anilines is 2. The molecule has 9 heteroatoms. The second kappa shape index (κ2) is 7.57. The normalized spacial score (nSPS) is 18.1. The largest absolute Gasteiger partial charge is 0.465 e. The van der Waals surface area contributed by atoms with Crippen LogP contribution in [-0.2, 0) is 4.79 Å². The molecular weight excluding hydrogens is 374 g/mol. The smallest absolute Gasteiger partial charge is 0.407 e. The van der Waals surface area contributed by atoms with Gasteiger partial charge in [0.1, 0.15) is 0 Å². The third-order valence-corrected chi connectivity index (χ3v) is 5.76. The van der Waals surface area contributed by atoms with Crippen LogP contribution in [0.15, 0.2) is 30.6 Å². The van der Waals surface area contributed by atoms with Crippen molar-refractivity contribution < 1.29 is 19.5 Å². The highest BCUT2D eigenvalue weighted by atomic mass is 16.4. The number of piperidine rings is 1. The molecule has 4 amide bonds. The summed E-state index contributed by atoms with van der Waals surface area (Å²) in [4.78, 5) is 44.5. The minimum absolute atomic E-state index is 0.0157. The minimum atomic E-state index is -0.902. The van der Waals surface area contributed by atoms with Crippen LogP contribution in [0.2, 0.25) is 0 Å². The Kier molecular flexibility index (Phi) is 4.96. The average Bonchev–Trinajstić information content (AvgIpc) is 2.72. The molecule has 0 atom stereocenters. The molecule has 152 valence electrons. The number of amides is 4. The summed E-state index contributed by atoms with van der Waals surface area (Å²) < 4.78 is 0. The standard InChI is InChI=1S/C20H23N5O4/c1-23(20(28)29)13-5-8-24(9-6-13)16-4-2-3-14-15(16)11-21-12-17(14)25-10-7-18(26)22-19(25)27/h2-4,11-13H,5-10H2,1H3,(H,28,29)(H,22,26,27). The summed E-state index contributed by atoms with van der Waals surface area (Å²) in [6, 6.07) is 5.50. The highest BCUT2D eigenvalue weighted by Crippen LogP contribution is 2.34. The number of pyridine rings is 1. The molecule has 3 heterocycles. The quantitative estimate of drug-likeness (QED) is 0.823. The first kappa shape index (κ1) is 19.0. The molecule has 0 saturated carbocycles. The van der Waals surface area contributed by atoms with E-state index >= 15 is 0 Å². The van der Waals surface area contributed by atoms with Crippen LogP contribution in [0.5, 0.6) is 0 Å². The zero-order valence-electron chi connectivity index (χ0n) is 16.2. The van der Waals surface area contributed by atoms with Crippen molar-refractivity contribution in [3.8, 4) is 0 Å². The van der Waals surface area contributed by atoms with Crippen molar-refractivity contribution in [2.75, 3.05) is 36.5 Å². The third kappa shape index (κ3) is 3.55. The fourth-order valence-corrected chi connectivity index (χ4v) is 4.10. The molecule has 2 aliphatic heterocycles. The van der Waals surface area contributed by atoms with Crippen LogP contribution in [0.3, 0.4) is 0 Å². The number of carboxylic acid groups (broad SMARTS) is 1. The van der Waals surface area contributed by atoms with E-state index in [9.17, 15) is 19.5 Å². The number of benzene rings is 1. The molecule has 1 aromatic carbocycles. The Hall–Kier alpha value is -3.36. The lowest BCUT2D eigenvalue weighted by molar-refractivity contribution is -0.120. The van der Waals surface area contributed by atoms with Gasteiger partial charge < -0.3 is 14.9 Å². The molecule has 29 heavy (non-hydrogen) atoms. The number of hydrogen-bond donors (Lipinski definition) is 2. The Morgan fingerprint density at radius 1 is 1.14 bits per heavy atom. The molecule has 0 bridgehead atoms. The van der Waals surface area contributed by atoms with E-state index in [1.54, 1.807) is 24.3 Å². The topological polar surface area (TPSA) is 106 Å². The highest BCUT2D eigenvalue weighted by molar-refractivity contribution is 6.11. The summed E-state index contributed by atoms with van der Waals surface area (Å²) in [5, 5.41) is 13.4. The number of rotatable bonds is 3. The summed E-state index contributed by atoms with van der Waals surface area (Å²) in [5.41, 5.74) is 1.69. The fourth-order valence-electron chi connectivity index (χ4n) is 4.10. The third-order valence-electron chi connectivity index (χ3n) is 5.76. The van der Waals surface area contributed by atoms with E-state index in [0.717, 1.165) is 42.4 Å². The molecule has 2 aliphatic rings. The number of imide groups is 1. The Balaban J connectivity index is 1.62. The van der Waals surface area contributed by atoms with E-state index < -0.39 is 12.1 Å². The van der Waals surface area contributed by atoms with Gasteiger partial charge >= 0.3 is 12.1 Å². The minimum Gasteiger partial charge on any atom is -0.465 e. The van der Waals surface area contributed by atoms with Gasteiger partial charge in [0.25, 0.3) is 0 Å². The van der Waals surface area contributed by atoms with Crippen molar-refractivity contribution in [3.05, 3.63) is 30.6 Å². The molecule has 0 aliphatic carbocycles. The zero-order chi connectivity index (χ0) is 20.5. The Morgan fingerprint density at radius 3 is 2.59 bits per heavy atom. The molecule has 2 saturated heterocycles.